The number of nitrogens with one attached hydrogen (secondary N) is 1. The molecule has 6 heteroatoms. The van der Waals surface area contributed by atoms with Crippen LogP contribution in [0.5, 0.6) is 0 Å². The third-order valence-electron chi connectivity index (χ3n) is 3.20. The van der Waals surface area contributed by atoms with Gasteiger partial charge in [0.1, 0.15) is 11.6 Å². The molecule has 1 aromatic rings. The van der Waals surface area contributed by atoms with E-state index in [4.69, 9.17) is 0 Å². The van der Waals surface area contributed by atoms with Crippen LogP contribution in [0.25, 0.3) is 0 Å². The van der Waals surface area contributed by atoms with E-state index in [9.17, 15) is 18.7 Å². The Hall–Kier alpha value is -1.14. The van der Waals surface area contributed by atoms with Crippen molar-refractivity contribution in [1.82, 2.24) is 5.32 Å². The Kier molecular flexibility index (Phi) is 4.10. The molecule has 1 fully saturated rings. The van der Waals surface area contributed by atoms with E-state index in [2.05, 4.69) is 5.32 Å². The fraction of sp³-hybridized carbons (Fsp3) is 0.462. The summed E-state index contributed by atoms with van der Waals surface area (Å²) < 4.78 is 26.4. The Morgan fingerprint density at radius 2 is 2.26 bits per heavy atom. The predicted molar refractivity (Wildman–Crippen MR) is 69.8 cm³/mol. The third kappa shape index (κ3) is 3.06. The molecule has 0 aliphatic carbocycles. The number of carbonyl (C=O) groups excluding carboxylic acids is 1. The zero-order valence-electron chi connectivity index (χ0n) is 10.5. The molecule has 104 valence electrons. The van der Waals surface area contributed by atoms with Crippen LogP contribution in [-0.2, 0) is 4.79 Å². The van der Waals surface area contributed by atoms with E-state index in [-0.39, 0.29) is 5.56 Å². The summed E-state index contributed by atoms with van der Waals surface area (Å²) in [7, 11) is 0. The number of hydrogen-bond donors (Lipinski definition) is 2. The molecule has 2 N–H and O–H groups in total. The van der Waals surface area contributed by atoms with Crippen LogP contribution >= 0.6 is 11.8 Å². The lowest BCUT2D eigenvalue weighted by Crippen LogP contribution is -2.47. The van der Waals surface area contributed by atoms with Gasteiger partial charge in [-0.1, -0.05) is 6.07 Å². The molecule has 1 amide bonds. The standard InChI is InChI=1S/C13H15F2NO2S/c1-8(10-3-2-9(14)6-11(10)15)16-12(17)13(18)4-5-19-7-13/h2-3,6,8,18H,4-5,7H2,1H3,(H,16,17). The van der Waals surface area contributed by atoms with Gasteiger partial charge in [-0.15, -0.1) is 0 Å². The Bertz CT molecular complexity index is 490. The van der Waals surface area contributed by atoms with Crippen LogP contribution in [0, 0.1) is 11.6 Å². The van der Waals surface area contributed by atoms with Crippen molar-refractivity contribution in [2.24, 2.45) is 0 Å². The zero-order chi connectivity index (χ0) is 14.0. The Morgan fingerprint density at radius 3 is 2.84 bits per heavy atom. The molecule has 1 heterocycles. The van der Waals surface area contributed by atoms with Gasteiger partial charge in [-0.3, -0.25) is 4.79 Å². The maximum Gasteiger partial charge on any atom is 0.253 e. The van der Waals surface area contributed by atoms with Gasteiger partial charge >= 0.3 is 0 Å². The predicted octanol–water partition coefficient (Wildman–Crippen LogP) is 2.01. The Morgan fingerprint density at radius 1 is 1.53 bits per heavy atom. The van der Waals surface area contributed by atoms with Crippen molar-refractivity contribution in [3.05, 3.63) is 35.4 Å². The number of carbonyl (C=O) groups is 1. The highest BCUT2D eigenvalue weighted by Crippen LogP contribution is 2.29. The van der Waals surface area contributed by atoms with Gasteiger partial charge in [-0.25, -0.2) is 8.78 Å². The summed E-state index contributed by atoms with van der Waals surface area (Å²) in [4.78, 5) is 12.0. The van der Waals surface area contributed by atoms with Gasteiger partial charge in [0.15, 0.2) is 5.60 Å². The number of benzene rings is 1. The summed E-state index contributed by atoms with van der Waals surface area (Å²) in [5.41, 5.74) is -1.18. The molecular formula is C13H15F2NO2S. The van der Waals surface area contributed by atoms with E-state index in [1.165, 1.54) is 17.8 Å². The molecule has 0 radical (unpaired) electrons. The van der Waals surface area contributed by atoms with Crippen LogP contribution in [0.4, 0.5) is 8.78 Å². The summed E-state index contributed by atoms with van der Waals surface area (Å²) in [6.45, 7) is 1.60. The number of amides is 1. The quantitative estimate of drug-likeness (QED) is 0.894. The Balaban J connectivity index is 2.08. The second-order valence-corrected chi connectivity index (χ2v) is 5.80. The molecule has 2 rings (SSSR count). The fourth-order valence-corrected chi connectivity index (χ4v) is 3.23. The first-order valence-electron chi connectivity index (χ1n) is 5.98. The summed E-state index contributed by atoms with van der Waals surface area (Å²) in [6.07, 6.45) is 0.391. The van der Waals surface area contributed by atoms with Crippen LogP contribution in [0.15, 0.2) is 18.2 Å². The molecule has 0 aromatic heterocycles. The van der Waals surface area contributed by atoms with Crippen LogP contribution in [0.3, 0.4) is 0 Å². The SMILES string of the molecule is CC(NC(=O)C1(O)CCSC1)c1ccc(F)cc1F. The minimum absolute atomic E-state index is 0.198. The molecule has 2 unspecified atom stereocenters. The lowest BCUT2D eigenvalue weighted by atomic mass is 10.0. The van der Waals surface area contributed by atoms with E-state index >= 15 is 0 Å². The van der Waals surface area contributed by atoms with E-state index in [1.54, 1.807) is 6.92 Å². The number of halogens is 2. The van der Waals surface area contributed by atoms with Crippen molar-refractivity contribution < 1.29 is 18.7 Å². The monoisotopic (exact) mass is 287 g/mol. The summed E-state index contributed by atoms with van der Waals surface area (Å²) in [6, 6.07) is 2.59. The number of hydrogen-bond acceptors (Lipinski definition) is 3. The van der Waals surface area contributed by atoms with Gasteiger partial charge < -0.3 is 10.4 Å². The molecule has 1 saturated heterocycles. The molecule has 1 aliphatic heterocycles. The highest BCUT2D eigenvalue weighted by Gasteiger charge is 2.40. The van der Waals surface area contributed by atoms with Gasteiger partial charge in [0.2, 0.25) is 0 Å². The van der Waals surface area contributed by atoms with Crippen LogP contribution in [-0.4, -0.2) is 28.1 Å². The molecule has 1 aliphatic rings. The minimum atomic E-state index is -1.38. The maximum atomic E-state index is 13.6. The smallest absolute Gasteiger partial charge is 0.253 e. The molecule has 19 heavy (non-hydrogen) atoms. The highest BCUT2D eigenvalue weighted by atomic mass is 32.2. The molecular weight excluding hydrogens is 272 g/mol. The van der Waals surface area contributed by atoms with Crippen molar-refractivity contribution in [2.45, 2.75) is 25.0 Å². The Labute approximate surface area is 114 Å². The van der Waals surface area contributed by atoms with Crippen LogP contribution in [0.2, 0.25) is 0 Å². The van der Waals surface area contributed by atoms with Crippen molar-refractivity contribution in [2.75, 3.05) is 11.5 Å². The summed E-state index contributed by atoms with van der Waals surface area (Å²) >= 11 is 1.50. The average Bonchev–Trinajstić information content (AvgIpc) is 2.77. The third-order valence-corrected chi connectivity index (χ3v) is 4.37. The van der Waals surface area contributed by atoms with Gasteiger partial charge in [0.05, 0.1) is 6.04 Å². The molecule has 2 atom stereocenters. The average molecular weight is 287 g/mol. The van der Waals surface area contributed by atoms with Crippen LogP contribution in [0.1, 0.15) is 24.9 Å². The van der Waals surface area contributed by atoms with E-state index < -0.39 is 29.2 Å². The number of aliphatic hydroxyl groups is 1. The fourth-order valence-electron chi connectivity index (χ4n) is 1.99. The lowest BCUT2D eigenvalue weighted by molar-refractivity contribution is -0.138. The van der Waals surface area contributed by atoms with Crippen molar-refractivity contribution >= 4 is 17.7 Å². The second-order valence-electron chi connectivity index (χ2n) is 4.70. The van der Waals surface area contributed by atoms with Gasteiger partial charge in [-0.05, 0) is 25.2 Å². The van der Waals surface area contributed by atoms with Crippen molar-refractivity contribution in [3.63, 3.8) is 0 Å². The molecule has 0 spiro atoms. The molecule has 0 bridgehead atoms. The summed E-state index contributed by atoms with van der Waals surface area (Å²) in [5.74, 6) is -0.805. The normalized spacial score (nSPS) is 24.2. The largest absolute Gasteiger partial charge is 0.379 e. The lowest BCUT2D eigenvalue weighted by Gasteiger charge is -2.23. The van der Waals surface area contributed by atoms with Gasteiger partial charge in [-0.2, -0.15) is 11.8 Å². The summed E-state index contributed by atoms with van der Waals surface area (Å²) in [5, 5.41) is 12.7. The first kappa shape index (κ1) is 14.3. The second kappa shape index (κ2) is 5.46. The van der Waals surface area contributed by atoms with E-state index in [1.807, 2.05) is 0 Å². The molecule has 0 saturated carbocycles. The molecule has 1 aromatic carbocycles. The van der Waals surface area contributed by atoms with E-state index in [0.29, 0.717) is 12.2 Å². The first-order chi connectivity index (χ1) is 8.92. The number of rotatable bonds is 3. The van der Waals surface area contributed by atoms with Crippen molar-refractivity contribution in [3.8, 4) is 0 Å². The first-order valence-corrected chi connectivity index (χ1v) is 7.14. The number of thioether (sulfide) groups is 1. The van der Waals surface area contributed by atoms with Crippen LogP contribution < -0.4 is 5.32 Å². The van der Waals surface area contributed by atoms with Crippen molar-refractivity contribution in [1.29, 1.82) is 0 Å². The van der Waals surface area contributed by atoms with Gasteiger partial charge in [0.25, 0.3) is 5.91 Å². The maximum absolute atomic E-state index is 13.6. The molecule has 3 nitrogen and oxygen atoms in total. The minimum Gasteiger partial charge on any atom is -0.379 e. The topological polar surface area (TPSA) is 49.3 Å². The van der Waals surface area contributed by atoms with E-state index in [0.717, 1.165) is 17.9 Å². The highest BCUT2D eigenvalue weighted by molar-refractivity contribution is 7.99. The van der Waals surface area contributed by atoms with Gasteiger partial charge in [0, 0.05) is 17.4 Å². The zero-order valence-corrected chi connectivity index (χ0v) is 11.3.